The van der Waals surface area contributed by atoms with E-state index >= 15 is 0 Å². The van der Waals surface area contributed by atoms with Crippen molar-refractivity contribution in [2.24, 2.45) is 0 Å². The largest absolute Gasteiger partial charge is 0.573 e. The zero-order chi connectivity index (χ0) is 10.9. The van der Waals surface area contributed by atoms with Gasteiger partial charge in [0.1, 0.15) is 5.83 Å². The monoisotopic (exact) mass is 212 g/mol. The van der Waals surface area contributed by atoms with E-state index in [4.69, 9.17) is 0 Å². The Hall–Kier alpha value is -1.33. The van der Waals surface area contributed by atoms with E-state index in [9.17, 15) is 22.0 Å². The Kier molecular flexibility index (Phi) is 2.64. The Morgan fingerprint density at radius 3 is 2.29 bits per heavy atom. The van der Waals surface area contributed by atoms with Crippen molar-refractivity contribution in [3.63, 3.8) is 0 Å². The third kappa shape index (κ3) is 2.58. The fraction of sp³-hybridized carbons (Fsp3) is 0.250. The molecule has 1 rings (SSSR count). The van der Waals surface area contributed by atoms with Crippen molar-refractivity contribution >= 4 is 0 Å². The average molecular weight is 212 g/mol. The van der Waals surface area contributed by atoms with E-state index in [2.05, 4.69) is 11.3 Å². The van der Waals surface area contributed by atoms with Gasteiger partial charge in [-0.1, -0.05) is 6.58 Å². The van der Waals surface area contributed by atoms with Gasteiger partial charge in [-0.15, -0.1) is 13.2 Å². The van der Waals surface area contributed by atoms with Gasteiger partial charge in [-0.25, -0.2) is 8.78 Å². The summed E-state index contributed by atoms with van der Waals surface area (Å²) in [5.74, 6) is -4.13. The van der Waals surface area contributed by atoms with Gasteiger partial charge in [0.2, 0.25) is 0 Å². The molecule has 0 unspecified atom stereocenters. The molecule has 0 fully saturated rings. The molecule has 0 saturated carbocycles. The van der Waals surface area contributed by atoms with E-state index in [1.165, 1.54) is 0 Å². The number of rotatable bonds is 1. The van der Waals surface area contributed by atoms with E-state index in [-0.39, 0.29) is 5.57 Å². The van der Waals surface area contributed by atoms with Crippen LogP contribution in [0.3, 0.4) is 0 Å². The van der Waals surface area contributed by atoms with Crippen LogP contribution in [0.4, 0.5) is 22.0 Å². The number of hydrogen-bond donors (Lipinski definition) is 0. The minimum absolute atomic E-state index is 0.0505. The van der Waals surface area contributed by atoms with E-state index in [0.29, 0.717) is 6.08 Å². The van der Waals surface area contributed by atoms with Crippen LogP contribution in [0.5, 0.6) is 0 Å². The molecule has 0 amide bonds. The number of alkyl halides is 3. The highest BCUT2D eigenvalue weighted by molar-refractivity contribution is 5.37. The molecule has 0 N–H and O–H groups in total. The summed E-state index contributed by atoms with van der Waals surface area (Å²) in [6.07, 6.45) is -4.88. The Bertz CT molecular complexity index is 323. The molecule has 0 aromatic carbocycles. The van der Waals surface area contributed by atoms with E-state index in [1.807, 2.05) is 0 Å². The molecule has 0 atom stereocenters. The molecule has 0 saturated heterocycles. The third-order valence-electron chi connectivity index (χ3n) is 1.39. The van der Waals surface area contributed by atoms with Crippen molar-refractivity contribution in [1.82, 2.24) is 0 Å². The number of ether oxygens (including phenoxy) is 1. The first kappa shape index (κ1) is 10.7. The first-order valence-corrected chi connectivity index (χ1v) is 3.49. The molecule has 0 spiro atoms. The van der Waals surface area contributed by atoms with Gasteiger partial charge in [0.25, 0.3) is 0 Å². The van der Waals surface area contributed by atoms with Crippen LogP contribution in [0, 0.1) is 0 Å². The van der Waals surface area contributed by atoms with Crippen LogP contribution in [0.2, 0.25) is 0 Å². The van der Waals surface area contributed by atoms with E-state index < -0.39 is 30.2 Å². The molecule has 0 aliphatic heterocycles. The van der Waals surface area contributed by atoms with E-state index in [1.54, 1.807) is 0 Å². The SMILES string of the molecule is C=C1C=C(F)C(OC(F)(F)F)=C(F)C1. The zero-order valence-corrected chi connectivity index (χ0v) is 6.79. The summed E-state index contributed by atoms with van der Waals surface area (Å²) < 4.78 is 63.7. The highest BCUT2D eigenvalue weighted by atomic mass is 19.4. The van der Waals surface area contributed by atoms with Gasteiger partial charge in [-0.2, -0.15) is 0 Å². The topological polar surface area (TPSA) is 9.23 Å². The maximum absolute atomic E-state index is 12.8. The van der Waals surface area contributed by atoms with Crippen LogP contribution in [0.1, 0.15) is 6.42 Å². The lowest BCUT2D eigenvalue weighted by atomic mass is 10.1. The lowest BCUT2D eigenvalue weighted by molar-refractivity contribution is -0.305. The summed E-state index contributed by atoms with van der Waals surface area (Å²) in [5.41, 5.74) is 0.0505. The first-order chi connectivity index (χ1) is 6.29. The second-order valence-electron chi connectivity index (χ2n) is 2.61. The quantitative estimate of drug-likeness (QED) is 0.604. The minimum Gasteiger partial charge on any atom is -0.400 e. The molecule has 0 aromatic rings. The summed E-state index contributed by atoms with van der Waals surface area (Å²) in [6.45, 7) is 3.22. The molecule has 78 valence electrons. The van der Waals surface area contributed by atoms with Crippen LogP contribution in [-0.4, -0.2) is 6.36 Å². The Morgan fingerprint density at radius 1 is 1.29 bits per heavy atom. The molecular weight excluding hydrogens is 207 g/mol. The smallest absolute Gasteiger partial charge is 0.400 e. The van der Waals surface area contributed by atoms with Crippen LogP contribution < -0.4 is 0 Å². The van der Waals surface area contributed by atoms with Gasteiger partial charge >= 0.3 is 6.36 Å². The normalized spacial score (nSPS) is 18.4. The van der Waals surface area contributed by atoms with Gasteiger partial charge in [-0.3, -0.25) is 0 Å². The van der Waals surface area contributed by atoms with Gasteiger partial charge in [0.05, 0.1) is 0 Å². The predicted molar refractivity (Wildman–Crippen MR) is 38.2 cm³/mol. The van der Waals surface area contributed by atoms with Crippen LogP contribution in [-0.2, 0) is 4.74 Å². The van der Waals surface area contributed by atoms with Gasteiger partial charge in [-0.05, 0) is 11.6 Å². The van der Waals surface area contributed by atoms with Gasteiger partial charge in [0, 0.05) is 6.42 Å². The van der Waals surface area contributed by atoms with Crippen molar-refractivity contribution in [3.8, 4) is 0 Å². The first-order valence-electron chi connectivity index (χ1n) is 3.49. The van der Waals surface area contributed by atoms with Crippen molar-refractivity contribution in [2.75, 3.05) is 0 Å². The van der Waals surface area contributed by atoms with Crippen molar-refractivity contribution in [1.29, 1.82) is 0 Å². The second kappa shape index (κ2) is 3.43. The molecule has 6 heteroatoms. The van der Waals surface area contributed by atoms with Crippen molar-refractivity contribution in [2.45, 2.75) is 12.8 Å². The highest BCUT2D eigenvalue weighted by Crippen LogP contribution is 2.34. The molecular formula is C8H5F5O. The molecule has 1 aliphatic rings. The maximum atomic E-state index is 12.8. The molecule has 14 heavy (non-hydrogen) atoms. The third-order valence-corrected chi connectivity index (χ3v) is 1.39. The summed E-state index contributed by atoms with van der Waals surface area (Å²) in [6, 6.07) is 0. The number of halogens is 5. The Balaban J connectivity index is 2.93. The molecule has 0 radical (unpaired) electrons. The summed E-state index contributed by atoms with van der Waals surface area (Å²) in [5, 5.41) is 0. The van der Waals surface area contributed by atoms with Crippen LogP contribution in [0.25, 0.3) is 0 Å². The van der Waals surface area contributed by atoms with Crippen molar-refractivity contribution < 1.29 is 26.7 Å². The zero-order valence-electron chi connectivity index (χ0n) is 6.79. The Labute approximate surface area is 76.2 Å². The molecule has 0 bridgehead atoms. The van der Waals surface area contributed by atoms with Gasteiger partial charge in [0.15, 0.2) is 11.6 Å². The van der Waals surface area contributed by atoms with E-state index in [0.717, 1.165) is 0 Å². The molecule has 1 nitrogen and oxygen atoms in total. The lowest BCUT2D eigenvalue weighted by Gasteiger charge is -2.15. The highest BCUT2D eigenvalue weighted by Gasteiger charge is 2.36. The molecule has 1 aliphatic carbocycles. The average Bonchev–Trinajstić information content (AvgIpc) is 1.95. The number of allylic oxidation sites excluding steroid dienone is 4. The standard InChI is InChI=1S/C8H5F5O/c1-4-2-5(9)7(6(10)3-4)14-8(11,12)13/h2H,1,3H2. The van der Waals surface area contributed by atoms with Crippen LogP contribution >= 0.6 is 0 Å². The summed E-state index contributed by atoms with van der Waals surface area (Å²) >= 11 is 0. The molecule has 0 heterocycles. The number of hydrogen-bond acceptors (Lipinski definition) is 1. The minimum atomic E-state index is -5.10. The van der Waals surface area contributed by atoms with Crippen LogP contribution in [0.15, 0.2) is 35.6 Å². The second-order valence-corrected chi connectivity index (χ2v) is 2.61. The fourth-order valence-electron chi connectivity index (χ4n) is 0.925. The fourth-order valence-corrected chi connectivity index (χ4v) is 0.925. The maximum Gasteiger partial charge on any atom is 0.573 e. The summed E-state index contributed by atoms with van der Waals surface area (Å²) in [4.78, 5) is 0. The predicted octanol–water partition coefficient (Wildman–Crippen LogP) is 3.52. The Morgan fingerprint density at radius 2 is 1.86 bits per heavy atom. The van der Waals surface area contributed by atoms with Crippen molar-refractivity contribution in [3.05, 3.63) is 35.6 Å². The molecule has 0 aromatic heterocycles. The lowest BCUT2D eigenvalue weighted by Crippen LogP contribution is -2.15. The summed E-state index contributed by atoms with van der Waals surface area (Å²) in [7, 11) is 0. The van der Waals surface area contributed by atoms with Gasteiger partial charge < -0.3 is 4.74 Å².